The number of hydrogen-bond acceptors (Lipinski definition) is 11. The average Bonchev–Trinajstić information content (AvgIpc) is 3.19. The first-order chi connectivity index (χ1) is 27.5. The highest BCUT2D eigenvalue weighted by molar-refractivity contribution is 8.13. The van der Waals surface area contributed by atoms with Crippen LogP contribution >= 0.6 is 11.8 Å². The monoisotopic (exact) mass is 842 g/mol. The minimum Gasteiger partial charge on any atom is -0.486 e. The Balaban J connectivity index is 0.000000348. The predicted octanol–water partition coefficient (Wildman–Crippen LogP) is 9.22. The zero-order valence-electron chi connectivity index (χ0n) is 31.1. The lowest BCUT2D eigenvalue weighted by atomic mass is 10.1. The summed E-state index contributed by atoms with van der Waals surface area (Å²) in [6.07, 6.45) is -9.95. The average molecular weight is 843 g/mol. The van der Waals surface area contributed by atoms with E-state index in [0.717, 1.165) is 48.4 Å². The SMILES string of the molecule is CN(CCC(Oc1ccc(C(F)(F)F)cc1)c1ccccc1)C(=O)SCC(CO[N+](=O)[O-])O[N+](=O)[O-].CNCCC(Oc1ccc(C(F)(F)F)cc1)c1ccccc1. The number of carbonyl (C=O) groups excluding carboxylic acids is 1. The first kappa shape index (κ1) is 46.6. The molecule has 3 atom stereocenters. The Kier molecular flexibility index (Phi) is 18.4. The Bertz CT molecular complexity index is 1840. The van der Waals surface area contributed by atoms with Gasteiger partial charge in [0.05, 0.1) is 11.1 Å². The third kappa shape index (κ3) is 16.8. The lowest BCUT2D eigenvalue weighted by molar-refractivity contribution is -0.788. The van der Waals surface area contributed by atoms with Crippen molar-refractivity contribution in [3.05, 3.63) is 152 Å². The van der Waals surface area contributed by atoms with Crippen LogP contribution in [0.4, 0.5) is 31.1 Å². The largest absolute Gasteiger partial charge is 0.486 e. The first-order valence-electron chi connectivity index (χ1n) is 17.3. The Morgan fingerprint density at radius 1 is 0.724 bits per heavy atom. The molecule has 0 spiro atoms. The second kappa shape index (κ2) is 22.8. The van der Waals surface area contributed by atoms with E-state index in [2.05, 4.69) is 15.0 Å². The molecule has 0 aromatic heterocycles. The number of carbonyl (C=O) groups is 1. The molecule has 0 heterocycles. The normalized spacial score (nSPS) is 12.8. The van der Waals surface area contributed by atoms with Gasteiger partial charge in [-0.25, -0.2) is 0 Å². The van der Waals surface area contributed by atoms with Gasteiger partial charge in [0.25, 0.3) is 15.4 Å². The van der Waals surface area contributed by atoms with E-state index in [9.17, 15) is 51.4 Å². The maximum absolute atomic E-state index is 12.8. The van der Waals surface area contributed by atoms with Gasteiger partial charge in [0.1, 0.15) is 36.4 Å². The molecule has 0 fully saturated rings. The summed E-state index contributed by atoms with van der Waals surface area (Å²) in [5, 5.41) is 21.2. The molecule has 0 radical (unpaired) electrons. The zero-order valence-corrected chi connectivity index (χ0v) is 31.9. The van der Waals surface area contributed by atoms with Crippen LogP contribution in [0.15, 0.2) is 109 Å². The standard InChI is InChI=1S/C21H22F3N3O8S.C17H18F3NO/c1-25(20(28)36-14-18(35-27(31)32)13-33-26(29)30)12-11-19(15-5-3-2-4-6-15)34-17-9-7-16(8-10-17)21(22,23)24;1-21-12-11-16(13-5-3-2-4-6-13)22-15-9-7-14(8-10-15)17(18,19)20/h2-10,18-19H,11-14H2,1H3;2-10,16,21H,11-12H2,1H3. The lowest BCUT2D eigenvalue weighted by Gasteiger charge is -2.24. The summed E-state index contributed by atoms with van der Waals surface area (Å²) in [5.41, 5.74) is 0.253. The van der Waals surface area contributed by atoms with Crippen LogP contribution in [0.2, 0.25) is 0 Å². The van der Waals surface area contributed by atoms with Crippen molar-refractivity contribution in [3.63, 3.8) is 0 Å². The summed E-state index contributed by atoms with van der Waals surface area (Å²) in [7, 11) is 3.33. The molecule has 4 aromatic carbocycles. The van der Waals surface area contributed by atoms with Crippen LogP contribution in [-0.4, -0.2) is 66.0 Å². The van der Waals surface area contributed by atoms with Gasteiger partial charge in [-0.1, -0.05) is 72.4 Å². The molecular weight excluding hydrogens is 802 g/mol. The molecule has 0 aliphatic carbocycles. The molecule has 0 bridgehead atoms. The van der Waals surface area contributed by atoms with Crippen molar-refractivity contribution in [1.82, 2.24) is 10.2 Å². The topological polar surface area (TPSA) is 156 Å². The van der Waals surface area contributed by atoms with Gasteiger partial charge < -0.3 is 29.4 Å². The summed E-state index contributed by atoms with van der Waals surface area (Å²) < 4.78 is 87.9. The maximum Gasteiger partial charge on any atom is 0.416 e. The summed E-state index contributed by atoms with van der Waals surface area (Å²) in [6, 6.07) is 27.6. The number of halogens is 6. The van der Waals surface area contributed by atoms with Gasteiger partial charge in [-0.2, -0.15) is 26.3 Å². The number of hydrogen-bond donors (Lipinski definition) is 1. The maximum atomic E-state index is 12.8. The third-order valence-electron chi connectivity index (χ3n) is 7.95. The zero-order chi connectivity index (χ0) is 42.7. The smallest absolute Gasteiger partial charge is 0.416 e. The molecule has 1 amide bonds. The first-order valence-corrected chi connectivity index (χ1v) is 18.3. The van der Waals surface area contributed by atoms with E-state index in [1.165, 1.54) is 36.2 Å². The van der Waals surface area contributed by atoms with E-state index in [1.807, 2.05) is 37.4 Å². The number of alkyl halides is 6. The van der Waals surface area contributed by atoms with Crippen molar-refractivity contribution in [1.29, 1.82) is 0 Å². The third-order valence-corrected chi connectivity index (χ3v) is 9.05. The van der Waals surface area contributed by atoms with Gasteiger partial charge in [0.15, 0.2) is 0 Å². The van der Waals surface area contributed by atoms with E-state index >= 15 is 0 Å². The van der Waals surface area contributed by atoms with E-state index in [0.29, 0.717) is 17.5 Å². The van der Waals surface area contributed by atoms with Gasteiger partial charge in [-0.05, 0) is 73.3 Å². The van der Waals surface area contributed by atoms with Crippen LogP contribution in [-0.2, 0) is 22.0 Å². The van der Waals surface area contributed by atoms with Gasteiger partial charge in [-0.3, -0.25) is 4.79 Å². The van der Waals surface area contributed by atoms with Gasteiger partial charge >= 0.3 is 12.4 Å². The fraction of sp³-hybridized carbons (Fsp3) is 0.342. The minimum atomic E-state index is -4.47. The van der Waals surface area contributed by atoms with Crippen LogP contribution in [0.5, 0.6) is 11.5 Å². The van der Waals surface area contributed by atoms with Gasteiger partial charge in [0, 0.05) is 32.2 Å². The summed E-state index contributed by atoms with van der Waals surface area (Å²) in [6.45, 7) is 0.188. The van der Waals surface area contributed by atoms with Crippen LogP contribution in [0.3, 0.4) is 0 Å². The number of rotatable bonds is 19. The van der Waals surface area contributed by atoms with E-state index in [1.54, 1.807) is 30.3 Å². The molecule has 4 rings (SSSR count). The molecule has 13 nitrogen and oxygen atoms in total. The highest BCUT2D eigenvalue weighted by Crippen LogP contribution is 2.33. The molecule has 314 valence electrons. The number of benzene rings is 4. The molecule has 4 aromatic rings. The van der Waals surface area contributed by atoms with Crippen LogP contribution in [0.1, 0.15) is 47.3 Å². The van der Waals surface area contributed by atoms with Gasteiger partial charge in [0.2, 0.25) is 0 Å². The molecule has 58 heavy (non-hydrogen) atoms. The molecule has 1 N–H and O–H groups in total. The van der Waals surface area contributed by atoms with Crippen molar-refractivity contribution < 1.29 is 60.5 Å². The fourth-order valence-corrected chi connectivity index (χ4v) is 5.82. The Labute approximate surface area is 333 Å². The van der Waals surface area contributed by atoms with Crippen LogP contribution < -0.4 is 14.8 Å². The highest BCUT2D eigenvalue weighted by atomic mass is 32.2. The predicted molar refractivity (Wildman–Crippen MR) is 201 cm³/mol. The number of thioether (sulfide) groups is 1. The quantitative estimate of drug-likeness (QED) is 0.0546. The Morgan fingerprint density at radius 3 is 1.57 bits per heavy atom. The number of ether oxygens (including phenoxy) is 2. The van der Waals surface area contributed by atoms with Crippen molar-refractivity contribution >= 4 is 17.0 Å². The molecule has 0 aliphatic rings. The number of nitrogens with one attached hydrogen (secondary N) is 1. The fourth-order valence-electron chi connectivity index (χ4n) is 5.02. The second-order valence-electron chi connectivity index (χ2n) is 12.2. The molecule has 3 unspecified atom stereocenters. The van der Waals surface area contributed by atoms with Crippen molar-refractivity contribution in [2.24, 2.45) is 0 Å². The summed E-state index contributed by atoms with van der Waals surface area (Å²) in [4.78, 5) is 43.0. The van der Waals surface area contributed by atoms with Crippen LogP contribution in [0.25, 0.3) is 0 Å². The second-order valence-corrected chi connectivity index (χ2v) is 13.2. The molecular formula is C38H40F6N4O9S. The van der Waals surface area contributed by atoms with Gasteiger partial charge in [-0.15, -0.1) is 20.2 Å². The highest BCUT2D eigenvalue weighted by Gasteiger charge is 2.31. The molecule has 0 saturated carbocycles. The van der Waals surface area contributed by atoms with Crippen molar-refractivity contribution in [3.8, 4) is 11.5 Å². The molecule has 0 saturated heterocycles. The molecule has 20 heteroatoms. The summed E-state index contributed by atoms with van der Waals surface area (Å²) >= 11 is 0.649. The van der Waals surface area contributed by atoms with Crippen molar-refractivity contribution in [2.45, 2.75) is 43.5 Å². The van der Waals surface area contributed by atoms with Crippen molar-refractivity contribution in [2.75, 3.05) is 39.5 Å². The van der Waals surface area contributed by atoms with E-state index in [-0.39, 0.29) is 30.6 Å². The minimum absolute atomic E-state index is 0.165. The lowest BCUT2D eigenvalue weighted by Crippen LogP contribution is -2.30. The Morgan fingerprint density at radius 2 is 1.17 bits per heavy atom. The van der Waals surface area contributed by atoms with E-state index in [4.69, 9.17) is 9.47 Å². The number of nitrogens with zero attached hydrogens (tertiary/aromatic N) is 3. The van der Waals surface area contributed by atoms with Crippen LogP contribution in [0, 0.1) is 20.2 Å². The summed E-state index contributed by atoms with van der Waals surface area (Å²) in [5.74, 6) is 0.367. The van der Waals surface area contributed by atoms with E-state index < -0.39 is 57.7 Å². The number of amides is 1. The molecule has 0 aliphatic heterocycles. The Hall–Kier alpha value is -5.76.